The van der Waals surface area contributed by atoms with Gasteiger partial charge in [-0.15, -0.1) is 0 Å². The molecule has 3 amide bonds. The topological polar surface area (TPSA) is 102 Å². The Morgan fingerprint density at radius 3 is 2.55 bits per heavy atom. The molecule has 1 aliphatic rings. The van der Waals surface area contributed by atoms with Crippen molar-refractivity contribution in [1.29, 1.82) is 0 Å². The van der Waals surface area contributed by atoms with Gasteiger partial charge in [0.2, 0.25) is 5.91 Å². The first kappa shape index (κ1) is 29.3. The SMILES string of the molecule is CCOC(=O)c1cc(NC(=O)CN2C(=O)S/C(=C\c3ccc(OCc4ccc(F)cc4)c(Br)c3)C2=O)ccc1Cl. The van der Waals surface area contributed by atoms with E-state index in [4.69, 9.17) is 21.1 Å². The van der Waals surface area contributed by atoms with Crippen LogP contribution in [-0.4, -0.2) is 41.1 Å². The van der Waals surface area contributed by atoms with Crippen molar-refractivity contribution >= 4 is 74.1 Å². The van der Waals surface area contributed by atoms with Gasteiger partial charge in [0, 0.05) is 5.69 Å². The van der Waals surface area contributed by atoms with Crippen LogP contribution in [0.1, 0.15) is 28.4 Å². The number of nitrogens with zero attached hydrogens (tertiary/aromatic N) is 1. The summed E-state index contributed by atoms with van der Waals surface area (Å²) < 4.78 is 24.4. The van der Waals surface area contributed by atoms with Crippen LogP contribution in [0.2, 0.25) is 5.02 Å². The molecule has 8 nitrogen and oxygen atoms in total. The first-order chi connectivity index (χ1) is 19.1. The first-order valence-electron chi connectivity index (χ1n) is 11.8. The minimum atomic E-state index is -0.640. The summed E-state index contributed by atoms with van der Waals surface area (Å²) in [6.07, 6.45) is 1.54. The molecule has 0 unspecified atom stereocenters. The van der Waals surface area contributed by atoms with Crippen LogP contribution in [0.25, 0.3) is 6.08 Å². The summed E-state index contributed by atoms with van der Waals surface area (Å²) in [5.41, 5.74) is 1.76. The van der Waals surface area contributed by atoms with E-state index in [2.05, 4.69) is 21.2 Å². The lowest BCUT2D eigenvalue weighted by molar-refractivity contribution is -0.127. The van der Waals surface area contributed by atoms with Crippen molar-refractivity contribution in [3.8, 4) is 5.75 Å². The molecular weight excluding hydrogens is 627 g/mol. The third-order valence-electron chi connectivity index (χ3n) is 5.48. The van der Waals surface area contributed by atoms with E-state index in [0.29, 0.717) is 15.8 Å². The lowest BCUT2D eigenvalue weighted by Gasteiger charge is -2.13. The third-order valence-corrected chi connectivity index (χ3v) is 7.34. The number of carbonyl (C=O) groups is 4. The van der Waals surface area contributed by atoms with Crippen LogP contribution >= 0.6 is 39.3 Å². The van der Waals surface area contributed by atoms with Gasteiger partial charge in [-0.3, -0.25) is 19.3 Å². The molecule has 0 radical (unpaired) electrons. The molecule has 1 N–H and O–H groups in total. The van der Waals surface area contributed by atoms with Crippen LogP contribution in [0, 0.1) is 5.82 Å². The van der Waals surface area contributed by atoms with Crippen molar-refractivity contribution in [2.45, 2.75) is 13.5 Å². The lowest BCUT2D eigenvalue weighted by atomic mass is 10.2. The molecule has 1 saturated heterocycles. The third kappa shape index (κ3) is 7.29. The molecule has 0 atom stereocenters. The number of hydrogen-bond donors (Lipinski definition) is 1. The predicted molar refractivity (Wildman–Crippen MR) is 154 cm³/mol. The highest BCUT2D eigenvalue weighted by Crippen LogP contribution is 2.34. The summed E-state index contributed by atoms with van der Waals surface area (Å²) in [5, 5.41) is 2.13. The minimum absolute atomic E-state index is 0.0773. The molecule has 0 bridgehead atoms. The number of esters is 1. The fourth-order valence-electron chi connectivity index (χ4n) is 3.57. The highest BCUT2D eigenvalue weighted by atomic mass is 79.9. The van der Waals surface area contributed by atoms with E-state index in [9.17, 15) is 23.6 Å². The number of nitrogens with one attached hydrogen (secondary N) is 1. The van der Waals surface area contributed by atoms with Crippen molar-refractivity contribution < 1.29 is 33.0 Å². The van der Waals surface area contributed by atoms with Gasteiger partial charge in [-0.25, -0.2) is 9.18 Å². The molecule has 0 aliphatic carbocycles. The van der Waals surface area contributed by atoms with Gasteiger partial charge in [0.1, 0.15) is 24.7 Å². The van der Waals surface area contributed by atoms with Gasteiger partial charge in [0.15, 0.2) is 0 Å². The smallest absolute Gasteiger partial charge is 0.339 e. The maximum atomic E-state index is 13.1. The molecule has 1 fully saturated rings. The molecule has 3 aromatic carbocycles. The number of carbonyl (C=O) groups excluding carboxylic acids is 4. The highest BCUT2D eigenvalue weighted by molar-refractivity contribution is 9.10. The zero-order chi connectivity index (χ0) is 28.8. The standard InChI is InChI=1S/C28H21BrClFN2O6S/c1-2-38-27(36)20-13-19(8-9-22(20)30)32-25(34)14-33-26(35)24(40-28(33)37)12-17-5-10-23(21(29)11-17)39-15-16-3-6-18(31)7-4-16/h3-13H,2,14-15H2,1H3,(H,32,34)/b24-12-. The van der Waals surface area contributed by atoms with Gasteiger partial charge >= 0.3 is 5.97 Å². The maximum absolute atomic E-state index is 13.1. The number of ether oxygens (including phenoxy) is 2. The number of hydrogen-bond acceptors (Lipinski definition) is 7. The summed E-state index contributed by atoms with van der Waals surface area (Å²) in [6.45, 7) is 1.53. The van der Waals surface area contributed by atoms with Gasteiger partial charge in [0.05, 0.1) is 26.6 Å². The number of thioether (sulfide) groups is 1. The Morgan fingerprint density at radius 2 is 1.85 bits per heavy atom. The van der Waals surface area contributed by atoms with Crippen LogP contribution in [0.5, 0.6) is 5.75 Å². The van der Waals surface area contributed by atoms with Crippen molar-refractivity contribution in [3.63, 3.8) is 0 Å². The molecule has 206 valence electrons. The zero-order valence-corrected chi connectivity index (χ0v) is 24.1. The average Bonchev–Trinajstić information content (AvgIpc) is 3.17. The Kier molecular flexibility index (Phi) is 9.62. The lowest BCUT2D eigenvalue weighted by Crippen LogP contribution is -2.36. The fraction of sp³-hybridized carbons (Fsp3) is 0.143. The predicted octanol–water partition coefficient (Wildman–Crippen LogP) is 6.67. The van der Waals surface area contributed by atoms with Crippen molar-refractivity contribution in [1.82, 2.24) is 4.90 Å². The van der Waals surface area contributed by atoms with Gasteiger partial charge in [-0.05, 0) is 94.3 Å². The van der Waals surface area contributed by atoms with E-state index in [-0.39, 0.29) is 40.2 Å². The Morgan fingerprint density at radius 1 is 1.10 bits per heavy atom. The van der Waals surface area contributed by atoms with Crippen LogP contribution < -0.4 is 10.1 Å². The highest BCUT2D eigenvalue weighted by Gasteiger charge is 2.36. The van der Waals surface area contributed by atoms with Crippen LogP contribution in [0.3, 0.4) is 0 Å². The average molecular weight is 648 g/mol. The molecule has 4 rings (SSSR count). The van der Waals surface area contributed by atoms with Crippen molar-refractivity contribution in [3.05, 3.63) is 97.6 Å². The molecule has 0 saturated carbocycles. The number of anilines is 1. The molecule has 1 heterocycles. The molecule has 40 heavy (non-hydrogen) atoms. The Balaban J connectivity index is 1.39. The molecule has 0 aromatic heterocycles. The van der Waals surface area contributed by atoms with Crippen molar-refractivity contribution in [2.75, 3.05) is 18.5 Å². The monoisotopic (exact) mass is 646 g/mol. The molecule has 0 spiro atoms. The summed E-state index contributed by atoms with van der Waals surface area (Å²) >= 11 is 10.2. The number of rotatable bonds is 9. The first-order valence-corrected chi connectivity index (χ1v) is 13.8. The molecule has 12 heteroatoms. The summed E-state index contributed by atoms with van der Waals surface area (Å²) in [5.74, 6) is -1.67. The van der Waals surface area contributed by atoms with Crippen LogP contribution in [0.4, 0.5) is 14.9 Å². The van der Waals surface area contributed by atoms with E-state index in [1.165, 1.54) is 30.3 Å². The van der Waals surface area contributed by atoms with Crippen molar-refractivity contribution in [2.24, 2.45) is 0 Å². The normalized spacial score (nSPS) is 14.0. The minimum Gasteiger partial charge on any atom is -0.488 e. The Labute approximate surface area is 246 Å². The molecular formula is C28H21BrClFN2O6S. The molecule has 3 aromatic rings. The number of benzene rings is 3. The van der Waals surface area contributed by atoms with Gasteiger partial charge in [-0.2, -0.15) is 0 Å². The largest absolute Gasteiger partial charge is 0.488 e. The van der Waals surface area contributed by atoms with Gasteiger partial charge < -0.3 is 14.8 Å². The van der Waals surface area contributed by atoms with E-state index < -0.39 is 29.6 Å². The van der Waals surface area contributed by atoms with E-state index in [0.717, 1.165) is 22.2 Å². The summed E-state index contributed by atoms with van der Waals surface area (Å²) in [7, 11) is 0. The second-order valence-corrected chi connectivity index (χ2v) is 10.6. The van der Waals surface area contributed by atoms with Crippen LogP contribution in [-0.2, 0) is 20.9 Å². The fourth-order valence-corrected chi connectivity index (χ4v) is 5.11. The van der Waals surface area contributed by atoms with E-state index in [1.54, 1.807) is 43.3 Å². The number of imide groups is 1. The van der Waals surface area contributed by atoms with Gasteiger partial charge in [0.25, 0.3) is 11.1 Å². The zero-order valence-electron chi connectivity index (χ0n) is 20.9. The van der Waals surface area contributed by atoms with E-state index >= 15 is 0 Å². The maximum Gasteiger partial charge on any atom is 0.339 e. The summed E-state index contributed by atoms with van der Waals surface area (Å²) in [6, 6.07) is 15.4. The number of amides is 3. The second-order valence-electron chi connectivity index (χ2n) is 8.34. The second kappa shape index (κ2) is 13.1. The molecule has 1 aliphatic heterocycles. The van der Waals surface area contributed by atoms with Crippen LogP contribution in [0.15, 0.2) is 70.0 Å². The number of halogens is 3. The Hall–Kier alpha value is -3.67. The Bertz CT molecular complexity index is 1520. The van der Waals surface area contributed by atoms with Gasteiger partial charge in [-0.1, -0.05) is 29.8 Å². The summed E-state index contributed by atoms with van der Waals surface area (Å²) in [4.78, 5) is 51.1. The quantitative estimate of drug-likeness (QED) is 0.204. The van der Waals surface area contributed by atoms with E-state index in [1.807, 2.05) is 0 Å².